The third kappa shape index (κ3) is 9.33. The molecule has 237 valence electrons. The van der Waals surface area contributed by atoms with Gasteiger partial charge >= 0.3 is 0 Å². The molecule has 1 aromatic heterocycles. The molecular weight excluding hydrogens is 735 g/mol. The molecule has 3 aromatic carbocycles. The first-order valence-electron chi connectivity index (χ1n) is 16.0. The second-order valence-corrected chi connectivity index (χ2v) is 16.7. The van der Waals surface area contributed by atoms with Gasteiger partial charge in [0.2, 0.25) is 0 Å². The number of benzene rings is 3. The van der Waals surface area contributed by atoms with Crippen molar-refractivity contribution in [2.24, 2.45) is 11.8 Å². The fraction of sp³-hybridized carbons (Fsp3) is 0.385. The third-order valence-electron chi connectivity index (χ3n) is 8.76. The first-order valence-corrected chi connectivity index (χ1v) is 19.0. The van der Waals surface area contributed by atoms with Crippen molar-refractivity contribution in [3.63, 3.8) is 0 Å². The number of fused-ring (bicyclic) bond motifs is 1. The standard InChI is InChI=1S/C26H26NSi.C13H24O2.Ir/c1-19(2)25-17-21(16-20-10-8-9-13-24(20)25)26-18-23(14-15-27-26)28(3,4)22-11-6-5-7-12-22;1-5-10(6-2)12(14)9-13(15)11(7-3)8-4;/h5-15,17-19H,1-4H3;9-11,14H,5-8H2,1-4H3;/q-1;;/b;12-9-;. The Bertz CT molecular complexity index is 1510. The van der Waals surface area contributed by atoms with E-state index in [1.54, 1.807) is 0 Å². The van der Waals surface area contributed by atoms with Gasteiger partial charge in [-0.3, -0.25) is 9.78 Å². The third-order valence-corrected chi connectivity index (χ3v) is 12.3. The van der Waals surface area contributed by atoms with Gasteiger partial charge in [0.05, 0.1) is 5.76 Å². The van der Waals surface area contributed by atoms with Crippen LogP contribution in [0.2, 0.25) is 13.1 Å². The number of nitrogens with zero attached hydrogens (tertiary/aromatic N) is 1. The quantitative estimate of drug-likeness (QED) is 0.0714. The topological polar surface area (TPSA) is 50.2 Å². The van der Waals surface area contributed by atoms with Crippen molar-refractivity contribution in [1.82, 2.24) is 4.98 Å². The molecule has 0 atom stereocenters. The summed E-state index contributed by atoms with van der Waals surface area (Å²) in [7, 11) is -1.76. The van der Waals surface area contributed by atoms with E-state index in [-0.39, 0.29) is 43.5 Å². The summed E-state index contributed by atoms with van der Waals surface area (Å²) in [5.41, 5.74) is 3.46. The van der Waals surface area contributed by atoms with Crippen LogP contribution >= 0.6 is 0 Å². The Morgan fingerprint density at radius 2 is 1.43 bits per heavy atom. The van der Waals surface area contributed by atoms with Gasteiger partial charge in [0.1, 0.15) is 8.07 Å². The number of carbonyl (C=O) groups excluding carboxylic acids is 1. The van der Waals surface area contributed by atoms with Gasteiger partial charge in [-0.2, -0.15) is 0 Å². The van der Waals surface area contributed by atoms with Crippen molar-refractivity contribution >= 4 is 35.0 Å². The number of hydrogen-bond acceptors (Lipinski definition) is 3. The molecule has 3 nitrogen and oxygen atoms in total. The van der Waals surface area contributed by atoms with Crippen molar-refractivity contribution in [2.45, 2.75) is 86.2 Å². The van der Waals surface area contributed by atoms with Gasteiger partial charge in [0.25, 0.3) is 0 Å². The molecule has 4 rings (SSSR count). The van der Waals surface area contributed by atoms with Crippen molar-refractivity contribution in [2.75, 3.05) is 0 Å². The summed E-state index contributed by atoms with van der Waals surface area (Å²) in [4.78, 5) is 16.4. The van der Waals surface area contributed by atoms with Gasteiger partial charge in [-0.15, -0.1) is 29.1 Å². The summed E-state index contributed by atoms with van der Waals surface area (Å²) < 4.78 is 0. The molecule has 0 unspecified atom stereocenters. The fourth-order valence-electron chi connectivity index (χ4n) is 5.64. The van der Waals surface area contributed by atoms with Crippen LogP contribution in [0.25, 0.3) is 22.0 Å². The van der Waals surface area contributed by atoms with Crippen LogP contribution in [-0.2, 0) is 24.9 Å². The number of ketones is 1. The van der Waals surface area contributed by atoms with Crippen LogP contribution < -0.4 is 10.4 Å². The normalized spacial score (nSPS) is 11.8. The molecule has 0 saturated heterocycles. The number of carbonyl (C=O) groups is 1. The predicted molar refractivity (Wildman–Crippen MR) is 187 cm³/mol. The van der Waals surface area contributed by atoms with Crippen LogP contribution in [0, 0.1) is 17.9 Å². The molecular formula is C39H50IrNO2Si-. The maximum atomic E-state index is 11.7. The average molecular weight is 785 g/mol. The van der Waals surface area contributed by atoms with E-state index in [4.69, 9.17) is 4.98 Å². The minimum atomic E-state index is -1.76. The molecule has 5 heteroatoms. The number of aliphatic hydroxyl groups is 1. The molecule has 44 heavy (non-hydrogen) atoms. The van der Waals surface area contributed by atoms with Gasteiger partial charge in [0, 0.05) is 49.9 Å². The number of pyridine rings is 1. The van der Waals surface area contributed by atoms with Crippen LogP contribution in [0.15, 0.2) is 90.8 Å². The molecule has 0 fully saturated rings. The first kappa shape index (κ1) is 37.3. The van der Waals surface area contributed by atoms with Crippen molar-refractivity contribution in [3.8, 4) is 11.3 Å². The van der Waals surface area contributed by atoms with E-state index in [1.807, 2.05) is 33.9 Å². The summed E-state index contributed by atoms with van der Waals surface area (Å²) in [5, 5.41) is 15.1. The van der Waals surface area contributed by atoms with Gasteiger partial charge in [-0.1, -0.05) is 131 Å². The predicted octanol–water partition coefficient (Wildman–Crippen LogP) is 9.52. The number of rotatable bonds is 11. The Balaban J connectivity index is 0.000000363. The molecule has 1 N–H and O–H groups in total. The zero-order valence-electron chi connectivity index (χ0n) is 27.8. The van der Waals surface area contributed by atoms with Gasteiger partial charge in [-0.25, -0.2) is 0 Å². The van der Waals surface area contributed by atoms with Crippen molar-refractivity contribution in [3.05, 3.63) is 102 Å². The number of aliphatic hydroxyl groups excluding tert-OH is 1. The number of aromatic nitrogens is 1. The Kier molecular flexibility index (Phi) is 14.9. The minimum Gasteiger partial charge on any atom is -0.512 e. The van der Waals surface area contributed by atoms with E-state index in [0.717, 1.165) is 42.3 Å². The minimum absolute atomic E-state index is 0. The molecule has 0 spiro atoms. The van der Waals surface area contributed by atoms with Gasteiger partial charge in [-0.05, 0) is 37.7 Å². The molecule has 1 heterocycles. The zero-order valence-corrected chi connectivity index (χ0v) is 31.2. The molecule has 0 amide bonds. The van der Waals surface area contributed by atoms with Crippen LogP contribution in [0.4, 0.5) is 0 Å². The average Bonchev–Trinajstić information content (AvgIpc) is 3.02. The molecule has 0 saturated carbocycles. The zero-order chi connectivity index (χ0) is 31.6. The largest absolute Gasteiger partial charge is 0.512 e. The van der Waals surface area contributed by atoms with E-state index in [2.05, 4.69) is 106 Å². The van der Waals surface area contributed by atoms with Crippen molar-refractivity contribution in [1.29, 1.82) is 0 Å². The van der Waals surface area contributed by atoms with E-state index < -0.39 is 8.07 Å². The summed E-state index contributed by atoms with van der Waals surface area (Å²) in [6.07, 6.45) is 6.86. The van der Waals surface area contributed by atoms with Crippen LogP contribution in [0.3, 0.4) is 0 Å². The Labute approximate surface area is 280 Å². The Hall–Kier alpha value is -2.85. The Morgan fingerprint density at radius 3 is 2.02 bits per heavy atom. The summed E-state index contributed by atoms with van der Waals surface area (Å²) in [5.74, 6) is 1.00. The number of hydrogen-bond donors (Lipinski definition) is 1. The Morgan fingerprint density at radius 1 is 0.841 bits per heavy atom. The van der Waals surface area contributed by atoms with E-state index >= 15 is 0 Å². The number of allylic oxidation sites excluding steroid dienone is 2. The van der Waals surface area contributed by atoms with E-state index in [9.17, 15) is 9.90 Å². The van der Waals surface area contributed by atoms with Crippen LogP contribution in [-0.4, -0.2) is 23.9 Å². The molecule has 0 aliphatic heterocycles. The molecule has 0 aliphatic carbocycles. The smallest absolute Gasteiger partial charge is 0.162 e. The maximum Gasteiger partial charge on any atom is 0.162 e. The second kappa shape index (κ2) is 17.6. The summed E-state index contributed by atoms with van der Waals surface area (Å²) in [6.45, 7) is 17.4. The maximum absolute atomic E-state index is 11.7. The van der Waals surface area contributed by atoms with Crippen LogP contribution in [0.1, 0.15) is 78.7 Å². The van der Waals surface area contributed by atoms with E-state index in [1.165, 1.54) is 27.4 Å². The molecule has 4 aromatic rings. The monoisotopic (exact) mass is 785 g/mol. The fourth-order valence-corrected chi connectivity index (χ4v) is 7.99. The van der Waals surface area contributed by atoms with Gasteiger partial charge < -0.3 is 5.11 Å². The first-order chi connectivity index (χ1) is 20.6. The van der Waals surface area contributed by atoms with E-state index in [0.29, 0.717) is 5.92 Å². The van der Waals surface area contributed by atoms with Crippen LogP contribution in [0.5, 0.6) is 0 Å². The van der Waals surface area contributed by atoms with Gasteiger partial charge in [0.15, 0.2) is 5.78 Å². The second-order valence-electron chi connectivity index (χ2n) is 12.3. The van der Waals surface area contributed by atoms with Crippen molar-refractivity contribution < 1.29 is 30.0 Å². The SMILES string of the molecule is CC(C)c1cc(-c2cc([Si](C)(C)c3ccccc3)ccn2)[c-]c2ccccc12.CCC(CC)C(=O)/C=C(\O)C(CC)CC.[Ir]. The molecule has 1 radical (unpaired) electrons. The molecule has 0 bridgehead atoms. The summed E-state index contributed by atoms with van der Waals surface area (Å²) in [6, 6.07) is 29.8. The summed E-state index contributed by atoms with van der Waals surface area (Å²) >= 11 is 0. The molecule has 0 aliphatic rings.